The zero-order valence-corrected chi connectivity index (χ0v) is 11.1. The number of carbonyl (C=O) groups excluding carboxylic acids is 1. The molecule has 1 aliphatic heterocycles. The molecule has 1 amide bonds. The summed E-state index contributed by atoms with van der Waals surface area (Å²) < 4.78 is 10.7. The molecule has 0 radical (unpaired) electrons. The summed E-state index contributed by atoms with van der Waals surface area (Å²) in [5, 5.41) is 8.75. The molecule has 0 bridgehead atoms. The smallest absolute Gasteiger partial charge is 0.410 e. The predicted molar refractivity (Wildman–Crippen MR) is 64.4 cm³/mol. The van der Waals surface area contributed by atoms with Crippen LogP contribution in [0, 0.1) is 0 Å². The number of hydrogen-bond acceptors (Lipinski definition) is 4. The molecule has 1 fully saturated rings. The van der Waals surface area contributed by atoms with Crippen molar-refractivity contribution in [1.29, 1.82) is 0 Å². The summed E-state index contributed by atoms with van der Waals surface area (Å²) in [6, 6.07) is 0. The largest absolute Gasteiger partial charge is 0.481 e. The molecule has 18 heavy (non-hydrogen) atoms. The van der Waals surface area contributed by atoms with Crippen LogP contribution >= 0.6 is 0 Å². The second kappa shape index (κ2) is 6.04. The molecule has 1 rings (SSSR count). The van der Waals surface area contributed by atoms with Crippen molar-refractivity contribution in [3.05, 3.63) is 0 Å². The molecule has 1 heterocycles. The average Bonchev–Trinajstić information content (AvgIpc) is 2.39. The molecule has 0 aromatic carbocycles. The van der Waals surface area contributed by atoms with E-state index in [4.69, 9.17) is 14.6 Å². The van der Waals surface area contributed by atoms with Crippen molar-refractivity contribution in [3.63, 3.8) is 0 Å². The minimum Gasteiger partial charge on any atom is -0.481 e. The van der Waals surface area contributed by atoms with E-state index in [-0.39, 0.29) is 13.0 Å². The number of carboxylic acids is 1. The van der Waals surface area contributed by atoms with Crippen molar-refractivity contribution in [1.82, 2.24) is 4.90 Å². The fraction of sp³-hybridized carbons (Fsp3) is 0.833. The summed E-state index contributed by atoms with van der Waals surface area (Å²) in [5.41, 5.74) is -0.549. The first-order valence-corrected chi connectivity index (χ1v) is 6.09. The molecular formula is C12H21NO5. The Morgan fingerprint density at radius 1 is 1.44 bits per heavy atom. The maximum absolute atomic E-state index is 11.9. The van der Waals surface area contributed by atoms with Gasteiger partial charge in [0.1, 0.15) is 5.60 Å². The van der Waals surface area contributed by atoms with Crippen LogP contribution in [0.15, 0.2) is 0 Å². The van der Waals surface area contributed by atoms with Crippen LogP contribution in [-0.4, -0.2) is 53.5 Å². The van der Waals surface area contributed by atoms with Gasteiger partial charge in [0, 0.05) is 13.2 Å². The Bertz CT molecular complexity index is 310. The molecule has 1 aliphatic rings. The Balaban J connectivity index is 2.58. The fourth-order valence-corrected chi connectivity index (χ4v) is 1.71. The highest BCUT2D eigenvalue weighted by atomic mass is 16.6. The van der Waals surface area contributed by atoms with Crippen LogP contribution in [-0.2, 0) is 14.3 Å². The average molecular weight is 259 g/mol. The Morgan fingerprint density at radius 2 is 2.11 bits per heavy atom. The molecular weight excluding hydrogens is 238 g/mol. The van der Waals surface area contributed by atoms with Gasteiger partial charge in [-0.2, -0.15) is 0 Å². The second-order valence-corrected chi connectivity index (χ2v) is 5.37. The highest BCUT2D eigenvalue weighted by Gasteiger charge is 2.27. The Kier molecular flexibility index (Phi) is 4.95. The zero-order chi connectivity index (χ0) is 13.8. The van der Waals surface area contributed by atoms with Crippen LogP contribution in [0.1, 0.15) is 33.6 Å². The number of rotatable bonds is 2. The van der Waals surface area contributed by atoms with E-state index in [1.165, 1.54) is 4.90 Å². The van der Waals surface area contributed by atoms with Crippen molar-refractivity contribution in [3.8, 4) is 0 Å². The molecule has 0 saturated carbocycles. The van der Waals surface area contributed by atoms with Gasteiger partial charge < -0.3 is 19.5 Å². The molecule has 0 aromatic rings. The number of aliphatic carboxylic acids is 1. The zero-order valence-electron chi connectivity index (χ0n) is 11.1. The van der Waals surface area contributed by atoms with E-state index in [0.29, 0.717) is 19.6 Å². The number of amides is 1. The molecule has 0 unspecified atom stereocenters. The lowest BCUT2D eigenvalue weighted by atomic mass is 10.2. The summed E-state index contributed by atoms with van der Waals surface area (Å²) in [4.78, 5) is 24.1. The van der Waals surface area contributed by atoms with Gasteiger partial charge >= 0.3 is 12.1 Å². The third-order valence-corrected chi connectivity index (χ3v) is 2.40. The first-order valence-electron chi connectivity index (χ1n) is 6.09. The van der Waals surface area contributed by atoms with Crippen LogP contribution in [0.2, 0.25) is 0 Å². The van der Waals surface area contributed by atoms with Crippen LogP contribution in [0.4, 0.5) is 4.79 Å². The molecule has 0 aliphatic carbocycles. The predicted octanol–water partition coefficient (Wildman–Crippen LogP) is 1.49. The van der Waals surface area contributed by atoms with Gasteiger partial charge in [0.05, 0.1) is 19.1 Å². The molecule has 0 aromatic heterocycles. The topological polar surface area (TPSA) is 76.1 Å². The van der Waals surface area contributed by atoms with Crippen molar-refractivity contribution < 1.29 is 24.2 Å². The lowest BCUT2D eigenvalue weighted by molar-refractivity contribution is -0.140. The maximum atomic E-state index is 11.9. The molecule has 6 nitrogen and oxygen atoms in total. The first-order chi connectivity index (χ1) is 8.28. The van der Waals surface area contributed by atoms with Crippen molar-refractivity contribution in [2.45, 2.75) is 45.3 Å². The van der Waals surface area contributed by atoms with E-state index >= 15 is 0 Å². The normalized spacial score (nSPS) is 21.3. The van der Waals surface area contributed by atoms with Crippen LogP contribution in [0.5, 0.6) is 0 Å². The first kappa shape index (κ1) is 14.8. The van der Waals surface area contributed by atoms with Crippen LogP contribution in [0.3, 0.4) is 0 Å². The number of ether oxygens (including phenoxy) is 2. The van der Waals surface area contributed by atoms with Gasteiger partial charge in [-0.05, 0) is 27.2 Å². The number of nitrogens with zero attached hydrogens (tertiary/aromatic N) is 1. The number of hydrogen-bond donors (Lipinski definition) is 1. The monoisotopic (exact) mass is 259 g/mol. The Morgan fingerprint density at radius 3 is 2.67 bits per heavy atom. The summed E-state index contributed by atoms with van der Waals surface area (Å²) in [6.45, 7) is 6.67. The summed E-state index contributed by atoms with van der Waals surface area (Å²) in [6.07, 6.45) is -0.282. The van der Waals surface area contributed by atoms with Crippen molar-refractivity contribution in [2.75, 3.05) is 19.7 Å². The molecule has 1 atom stereocenters. The van der Waals surface area contributed by atoms with Gasteiger partial charge in [-0.1, -0.05) is 0 Å². The lowest BCUT2D eigenvalue weighted by Gasteiger charge is -2.27. The van der Waals surface area contributed by atoms with E-state index in [2.05, 4.69) is 0 Å². The maximum Gasteiger partial charge on any atom is 0.410 e. The van der Waals surface area contributed by atoms with Crippen molar-refractivity contribution in [2.24, 2.45) is 0 Å². The van der Waals surface area contributed by atoms with Gasteiger partial charge in [0.2, 0.25) is 0 Å². The lowest BCUT2D eigenvalue weighted by Crippen LogP contribution is -2.41. The highest BCUT2D eigenvalue weighted by molar-refractivity contribution is 5.69. The quantitative estimate of drug-likeness (QED) is 0.813. The summed E-state index contributed by atoms with van der Waals surface area (Å²) >= 11 is 0. The van der Waals surface area contributed by atoms with Crippen LogP contribution < -0.4 is 0 Å². The minimum atomic E-state index is -0.925. The highest BCUT2D eigenvalue weighted by Crippen LogP contribution is 2.14. The van der Waals surface area contributed by atoms with Crippen LogP contribution in [0.25, 0.3) is 0 Å². The minimum absolute atomic E-state index is 0.0979. The molecule has 0 spiro atoms. The summed E-state index contributed by atoms with van der Waals surface area (Å²) in [7, 11) is 0. The van der Waals surface area contributed by atoms with Gasteiger partial charge in [-0.15, -0.1) is 0 Å². The van der Waals surface area contributed by atoms with E-state index < -0.39 is 23.8 Å². The van der Waals surface area contributed by atoms with E-state index in [1.54, 1.807) is 20.8 Å². The van der Waals surface area contributed by atoms with Gasteiger partial charge in [-0.25, -0.2) is 4.79 Å². The van der Waals surface area contributed by atoms with Gasteiger partial charge in [0.15, 0.2) is 0 Å². The Hall–Kier alpha value is -1.30. The molecule has 1 N–H and O–H groups in total. The van der Waals surface area contributed by atoms with E-state index in [0.717, 1.165) is 0 Å². The van der Waals surface area contributed by atoms with E-state index in [1.807, 2.05) is 0 Å². The van der Waals surface area contributed by atoms with Gasteiger partial charge in [0.25, 0.3) is 0 Å². The number of carbonyl (C=O) groups is 2. The SMILES string of the molecule is CC(C)(C)OC(=O)N1CCCO[C@H](CC(=O)O)C1. The fourth-order valence-electron chi connectivity index (χ4n) is 1.71. The Labute approximate surface area is 107 Å². The third-order valence-electron chi connectivity index (χ3n) is 2.40. The van der Waals surface area contributed by atoms with E-state index in [9.17, 15) is 9.59 Å². The molecule has 6 heteroatoms. The summed E-state index contributed by atoms with van der Waals surface area (Å²) in [5.74, 6) is -0.925. The van der Waals surface area contributed by atoms with Crippen molar-refractivity contribution >= 4 is 12.1 Å². The third kappa shape index (κ3) is 5.35. The molecule has 104 valence electrons. The standard InChI is InChI=1S/C12H21NO5/c1-12(2,3)18-11(16)13-5-4-6-17-9(8-13)7-10(14)15/h9H,4-8H2,1-3H3,(H,14,15)/t9-/m1/s1. The second-order valence-electron chi connectivity index (χ2n) is 5.37. The number of carboxylic acid groups (broad SMARTS) is 1. The van der Waals surface area contributed by atoms with Gasteiger partial charge in [-0.3, -0.25) is 4.79 Å². The molecule has 1 saturated heterocycles.